The second-order valence-electron chi connectivity index (χ2n) is 4.90. The lowest BCUT2D eigenvalue weighted by atomic mass is 9.74. The Labute approximate surface area is 90.6 Å². The van der Waals surface area contributed by atoms with Crippen molar-refractivity contribution in [3.8, 4) is 0 Å². The van der Waals surface area contributed by atoms with Crippen LogP contribution in [0.15, 0.2) is 0 Å². The molecule has 2 aliphatic rings. The number of rotatable bonds is 1. The van der Waals surface area contributed by atoms with Crippen LogP contribution in [-0.2, 0) is 0 Å². The fourth-order valence-electron chi connectivity index (χ4n) is 2.77. The van der Waals surface area contributed by atoms with Crippen molar-refractivity contribution >= 4 is 11.8 Å². The molecular weight excluding hydrogens is 194 g/mol. The highest BCUT2D eigenvalue weighted by Crippen LogP contribution is 2.42. The summed E-state index contributed by atoms with van der Waals surface area (Å²) in [5, 5.41) is 10.6. The van der Waals surface area contributed by atoms with Crippen molar-refractivity contribution in [1.29, 1.82) is 0 Å². The Kier molecular flexibility index (Phi) is 3.10. The quantitative estimate of drug-likeness (QED) is 0.657. The third-order valence-electron chi connectivity index (χ3n) is 3.92. The summed E-state index contributed by atoms with van der Waals surface area (Å²) in [5.74, 6) is 1.93. The van der Waals surface area contributed by atoms with Crippen molar-refractivity contribution in [3.05, 3.63) is 0 Å². The number of hydrogen-bond acceptors (Lipinski definition) is 3. The molecule has 0 bridgehead atoms. The molecule has 1 saturated carbocycles. The Morgan fingerprint density at radius 3 is 2.14 bits per heavy atom. The molecule has 2 fully saturated rings. The van der Waals surface area contributed by atoms with E-state index in [1.165, 1.54) is 25.7 Å². The van der Waals surface area contributed by atoms with Crippen LogP contribution in [0.3, 0.4) is 0 Å². The van der Waals surface area contributed by atoms with E-state index in [1.807, 2.05) is 11.8 Å². The minimum Gasteiger partial charge on any atom is -0.387 e. The summed E-state index contributed by atoms with van der Waals surface area (Å²) in [6.07, 6.45) is 7.92. The molecule has 1 unspecified atom stereocenters. The van der Waals surface area contributed by atoms with E-state index in [1.54, 1.807) is 0 Å². The zero-order valence-corrected chi connectivity index (χ0v) is 9.61. The second kappa shape index (κ2) is 4.03. The fraction of sp³-hybridized carbons (Fsp3) is 1.00. The van der Waals surface area contributed by atoms with Gasteiger partial charge in [0.25, 0.3) is 0 Å². The van der Waals surface area contributed by atoms with Crippen LogP contribution >= 0.6 is 11.8 Å². The van der Waals surface area contributed by atoms with E-state index in [-0.39, 0.29) is 5.54 Å². The van der Waals surface area contributed by atoms with E-state index in [2.05, 4.69) is 0 Å². The minimum absolute atomic E-state index is 0.285. The van der Waals surface area contributed by atoms with E-state index in [4.69, 9.17) is 5.73 Å². The first kappa shape index (κ1) is 10.8. The van der Waals surface area contributed by atoms with Crippen LogP contribution in [0.4, 0.5) is 0 Å². The van der Waals surface area contributed by atoms with Gasteiger partial charge in [0.15, 0.2) is 0 Å². The van der Waals surface area contributed by atoms with Crippen LogP contribution in [0.1, 0.15) is 44.9 Å². The molecule has 0 radical (unpaired) electrons. The molecule has 1 atom stereocenters. The van der Waals surface area contributed by atoms with Crippen LogP contribution in [0.2, 0.25) is 0 Å². The number of nitrogens with two attached hydrogens (primary N) is 1. The van der Waals surface area contributed by atoms with Gasteiger partial charge in [0.1, 0.15) is 0 Å². The average Bonchev–Trinajstić information content (AvgIpc) is 2.48. The third kappa shape index (κ3) is 1.82. The molecule has 1 saturated heterocycles. The van der Waals surface area contributed by atoms with Crippen molar-refractivity contribution in [1.82, 2.24) is 0 Å². The highest BCUT2D eigenvalue weighted by atomic mass is 32.2. The van der Waals surface area contributed by atoms with E-state index < -0.39 is 5.60 Å². The van der Waals surface area contributed by atoms with Crippen LogP contribution in [0, 0.1) is 0 Å². The van der Waals surface area contributed by atoms with Gasteiger partial charge in [-0.05, 0) is 25.0 Å². The molecule has 0 aromatic rings. The Bertz CT molecular complexity index is 193. The lowest BCUT2D eigenvalue weighted by Gasteiger charge is -2.41. The highest BCUT2D eigenvalue weighted by molar-refractivity contribution is 7.99. The predicted molar refractivity (Wildman–Crippen MR) is 61.5 cm³/mol. The summed E-state index contributed by atoms with van der Waals surface area (Å²) in [4.78, 5) is 0. The summed E-state index contributed by atoms with van der Waals surface area (Å²) in [6, 6.07) is 0. The fourth-order valence-corrected chi connectivity index (χ4v) is 4.17. The van der Waals surface area contributed by atoms with Crippen molar-refractivity contribution in [2.45, 2.75) is 56.1 Å². The van der Waals surface area contributed by atoms with Gasteiger partial charge in [-0.1, -0.05) is 25.7 Å². The molecule has 0 aromatic carbocycles. The summed E-state index contributed by atoms with van der Waals surface area (Å²) >= 11 is 1.85. The lowest BCUT2D eigenvalue weighted by molar-refractivity contribution is -0.0198. The minimum atomic E-state index is -0.567. The maximum Gasteiger partial charge on any atom is 0.0923 e. The van der Waals surface area contributed by atoms with E-state index in [0.29, 0.717) is 0 Å². The van der Waals surface area contributed by atoms with Gasteiger partial charge in [-0.3, -0.25) is 0 Å². The Morgan fingerprint density at radius 1 is 1.00 bits per heavy atom. The van der Waals surface area contributed by atoms with E-state index in [9.17, 15) is 5.11 Å². The Balaban J connectivity index is 2.11. The Hall–Kier alpha value is 0.270. The number of hydrogen-bond donors (Lipinski definition) is 2. The second-order valence-corrected chi connectivity index (χ2v) is 6.01. The molecule has 0 spiro atoms. The molecule has 1 aliphatic carbocycles. The van der Waals surface area contributed by atoms with Gasteiger partial charge in [-0.15, -0.1) is 0 Å². The normalized spacial score (nSPS) is 38.1. The number of aliphatic hydroxyl groups is 1. The molecule has 82 valence electrons. The van der Waals surface area contributed by atoms with Gasteiger partial charge < -0.3 is 10.8 Å². The van der Waals surface area contributed by atoms with Crippen molar-refractivity contribution in [3.63, 3.8) is 0 Å². The van der Waals surface area contributed by atoms with Gasteiger partial charge in [0.05, 0.1) is 5.60 Å². The third-order valence-corrected chi connectivity index (χ3v) is 5.10. The molecular formula is C11H21NOS. The van der Waals surface area contributed by atoms with Crippen molar-refractivity contribution < 1.29 is 5.11 Å². The van der Waals surface area contributed by atoms with Gasteiger partial charge >= 0.3 is 0 Å². The standard InChI is InChI=1S/C11H21NOS/c12-10(5-3-1-2-4-6-10)11(13)7-8-14-9-11/h13H,1-9,12H2. The van der Waals surface area contributed by atoms with Crippen molar-refractivity contribution in [2.75, 3.05) is 11.5 Å². The van der Waals surface area contributed by atoms with Crippen LogP contribution < -0.4 is 5.73 Å². The maximum absolute atomic E-state index is 10.6. The smallest absolute Gasteiger partial charge is 0.0923 e. The first-order valence-corrected chi connectivity index (χ1v) is 6.91. The maximum atomic E-state index is 10.6. The molecule has 14 heavy (non-hydrogen) atoms. The molecule has 1 heterocycles. The van der Waals surface area contributed by atoms with Crippen LogP contribution in [-0.4, -0.2) is 27.8 Å². The van der Waals surface area contributed by atoms with Crippen molar-refractivity contribution in [2.24, 2.45) is 5.73 Å². The van der Waals surface area contributed by atoms with Gasteiger partial charge in [-0.2, -0.15) is 11.8 Å². The summed E-state index contributed by atoms with van der Waals surface area (Å²) in [7, 11) is 0. The molecule has 2 nitrogen and oxygen atoms in total. The highest BCUT2D eigenvalue weighted by Gasteiger charge is 2.48. The van der Waals surface area contributed by atoms with E-state index >= 15 is 0 Å². The zero-order chi connectivity index (χ0) is 10.1. The molecule has 3 N–H and O–H groups in total. The number of thioether (sulfide) groups is 1. The average molecular weight is 215 g/mol. The lowest BCUT2D eigenvalue weighted by Crippen LogP contribution is -2.60. The van der Waals surface area contributed by atoms with Gasteiger partial charge in [0.2, 0.25) is 0 Å². The molecule has 1 aliphatic heterocycles. The molecule has 2 rings (SSSR count). The molecule has 0 amide bonds. The first-order chi connectivity index (χ1) is 6.66. The van der Waals surface area contributed by atoms with Gasteiger partial charge in [-0.25, -0.2) is 0 Å². The summed E-state index contributed by atoms with van der Waals surface area (Å²) in [5.41, 5.74) is 5.58. The summed E-state index contributed by atoms with van der Waals surface area (Å²) < 4.78 is 0. The SMILES string of the molecule is NC1(C2(O)CCSC2)CCCCCC1. The zero-order valence-electron chi connectivity index (χ0n) is 8.80. The van der Waals surface area contributed by atoms with Crippen LogP contribution in [0.5, 0.6) is 0 Å². The molecule has 3 heteroatoms. The van der Waals surface area contributed by atoms with E-state index in [0.717, 1.165) is 30.8 Å². The van der Waals surface area contributed by atoms with Crippen LogP contribution in [0.25, 0.3) is 0 Å². The van der Waals surface area contributed by atoms with Gasteiger partial charge in [0, 0.05) is 11.3 Å². The molecule has 0 aromatic heterocycles. The Morgan fingerprint density at radius 2 is 1.64 bits per heavy atom. The topological polar surface area (TPSA) is 46.2 Å². The first-order valence-electron chi connectivity index (χ1n) is 5.75. The summed E-state index contributed by atoms with van der Waals surface area (Å²) in [6.45, 7) is 0. The predicted octanol–water partition coefficient (Wildman–Crippen LogP) is 1.91. The largest absolute Gasteiger partial charge is 0.387 e. The monoisotopic (exact) mass is 215 g/mol.